The van der Waals surface area contributed by atoms with Crippen LogP contribution in [0.3, 0.4) is 0 Å². The van der Waals surface area contributed by atoms with Crippen LogP contribution in [0, 0.1) is 0 Å². The summed E-state index contributed by atoms with van der Waals surface area (Å²) in [6, 6.07) is 22.8. The molecule has 5 heteroatoms. The quantitative estimate of drug-likeness (QED) is 0.197. The van der Waals surface area contributed by atoms with Crippen LogP contribution in [0.25, 0.3) is 32.9 Å². The van der Waals surface area contributed by atoms with Gasteiger partial charge >= 0.3 is 0 Å². The van der Waals surface area contributed by atoms with Gasteiger partial charge in [-0.2, -0.15) is 0 Å². The van der Waals surface area contributed by atoms with Crippen molar-refractivity contribution in [3.8, 4) is 11.1 Å². The smallest absolute Gasteiger partial charge is 0.0745 e. The Balaban J connectivity index is 1.74. The van der Waals surface area contributed by atoms with Gasteiger partial charge in [-0.25, -0.2) is 4.98 Å². The minimum absolute atomic E-state index is 0.635. The SMILES string of the molecule is ClCCNCCCNc1c2ccc(Cl)cc2nc2ccc(-c3ccccc3)cc12. The topological polar surface area (TPSA) is 37.0 Å². The highest BCUT2D eigenvalue weighted by molar-refractivity contribution is 6.31. The molecule has 0 spiro atoms. The summed E-state index contributed by atoms with van der Waals surface area (Å²) in [5.74, 6) is 0.635. The minimum atomic E-state index is 0.635. The number of pyridine rings is 1. The molecular formula is C24H23Cl2N3. The fourth-order valence-electron chi connectivity index (χ4n) is 3.54. The first-order chi connectivity index (χ1) is 14.3. The lowest BCUT2D eigenvalue weighted by atomic mass is 10.0. The number of rotatable bonds is 8. The number of halogens is 2. The van der Waals surface area contributed by atoms with Gasteiger partial charge in [0.15, 0.2) is 0 Å². The Morgan fingerprint density at radius 3 is 2.45 bits per heavy atom. The first-order valence-corrected chi connectivity index (χ1v) is 10.8. The first kappa shape index (κ1) is 20.0. The van der Waals surface area contributed by atoms with Crippen molar-refractivity contribution in [2.24, 2.45) is 0 Å². The number of nitrogens with one attached hydrogen (secondary N) is 2. The zero-order valence-corrected chi connectivity index (χ0v) is 17.6. The maximum absolute atomic E-state index is 6.22. The molecule has 2 N–H and O–H groups in total. The highest BCUT2D eigenvalue weighted by Crippen LogP contribution is 2.34. The molecule has 4 aromatic rings. The van der Waals surface area contributed by atoms with E-state index in [1.807, 2.05) is 24.3 Å². The molecule has 0 fully saturated rings. The second-order valence-corrected chi connectivity index (χ2v) is 7.78. The van der Waals surface area contributed by atoms with Crippen molar-refractivity contribution in [3.63, 3.8) is 0 Å². The molecule has 0 atom stereocenters. The Bertz CT molecular complexity index is 1110. The summed E-state index contributed by atoms with van der Waals surface area (Å²) >= 11 is 11.9. The van der Waals surface area contributed by atoms with Crippen molar-refractivity contribution in [2.75, 3.05) is 30.8 Å². The third-order valence-corrected chi connectivity index (χ3v) is 5.37. The summed E-state index contributed by atoms with van der Waals surface area (Å²) in [5, 5.41) is 9.88. The van der Waals surface area contributed by atoms with Gasteiger partial charge in [-0.1, -0.05) is 48.0 Å². The maximum atomic E-state index is 6.22. The van der Waals surface area contributed by atoms with Crippen molar-refractivity contribution in [1.82, 2.24) is 10.3 Å². The number of alkyl halides is 1. The van der Waals surface area contributed by atoms with Crippen LogP contribution in [0.4, 0.5) is 5.69 Å². The van der Waals surface area contributed by atoms with Crippen LogP contribution in [0.15, 0.2) is 66.7 Å². The van der Waals surface area contributed by atoms with E-state index in [1.165, 1.54) is 11.1 Å². The van der Waals surface area contributed by atoms with Crippen LogP contribution in [0.2, 0.25) is 5.02 Å². The van der Waals surface area contributed by atoms with Crippen LogP contribution >= 0.6 is 23.2 Å². The van der Waals surface area contributed by atoms with Gasteiger partial charge in [0, 0.05) is 34.8 Å². The van der Waals surface area contributed by atoms with E-state index >= 15 is 0 Å². The van der Waals surface area contributed by atoms with Crippen molar-refractivity contribution >= 4 is 50.7 Å². The van der Waals surface area contributed by atoms with Crippen LogP contribution in [-0.4, -0.2) is 30.5 Å². The van der Waals surface area contributed by atoms with Gasteiger partial charge in [-0.3, -0.25) is 0 Å². The fourth-order valence-corrected chi connectivity index (χ4v) is 3.84. The lowest BCUT2D eigenvalue weighted by Crippen LogP contribution is -2.20. The molecule has 1 aromatic heterocycles. The van der Waals surface area contributed by atoms with Gasteiger partial charge < -0.3 is 10.6 Å². The molecule has 29 heavy (non-hydrogen) atoms. The van der Waals surface area contributed by atoms with Gasteiger partial charge in [0.25, 0.3) is 0 Å². The zero-order valence-electron chi connectivity index (χ0n) is 16.1. The number of anilines is 1. The van der Waals surface area contributed by atoms with Crippen LogP contribution in [-0.2, 0) is 0 Å². The maximum Gasteiger partial charge on any atom is 0.0745 e. The Labute approximate surface area is 181 Å². The van der Waals surface area contributed by atoms with E-state index in [9.17, 15) is 0 Å². The molecule has 3 aromatic carbocycles. The number of nitrogens with zero attached hydrogens (tertiary/aromatic N) is 1. The van der Waals surface area contributed by atoms with E-state index in [4.69, 9.17) is 28.2 Å². The van der Waals surface area contributed by atoms with E-state index in [2.05, 4.69) is 53.1 Å². The number of aromatic nitrogens is 1. The van der Waals surface area contributed by atoms with Crippen molar-refractivity contribution in [1.29, 1.82) is 0 Å². The molecule has 1 heterocycles. The molecule has 0 aliphatic rings. The highest BCUT2D eigenvalue weighted by Gasteiger charge is 2.11. The Morgan fingerprint density at radius 2 is 1.62 bits per heavy atom. The lowest BCUT2D eigenvalue weighted by Gasteiger charge is -2.15. The second kappa shape index (κ2) is 9.45. The van der Waals surface area contributed by atoms with E-state index in [1.54, 1.807) is 0 Å². The molecular weight excluding hydrogens is 401 g/mol. The molecule has 0 saturated heterocycles. The van der Waals surface area contributed by atoms with Crippen molar-refractivity contribution in [2.45, 2.75) is 6.42 Å². The Hall–Kier alpha value is -2.33. The van der Waals surface area contributed by atoms with E-state index in [0.717, 1.165) is 53.5 Å². The molecule has 0 saturated carbocycles. The summed E-state index contributed by atoms with van der Waals surface area (Å²) in [7, 11) is 0. The summed E-state index contributed by atoms with van der Waals surface area (Å²) in [5.41, 5.74) is 5.35. The molecule has 0 aliphatic carbocycles. The first-order valence-electron chi connectivity index (χ1n) is 9.85. The van der Waals surface area contributed by atoms with Gasteiger partial charge in [0.2, 0.25) is 0 Å². The van der Waals surface area contributed by atoms with E-state index in [-0.39, 0.29) is 0 Å². The number of benzene rings is 3. The number of hydrogen-bond acceptors (Lipinski definition) is 3. The summed E-state index contributed by atoms with van der Waals surface area (Å²) < 4.78 is 0. The normalized spacial score (nSPS) is 11.2. The number of fused-ring (bicyclic) bond motifs is 2. The van der Waals surface area contributed by atoms with Gasteiger partial charge in [0.1, 0.15) is 0 Å². The molecule has 0 amide bonds. The third-order valence-electron chi connectivity index (χ3n) is 4.95. The summed E-state index contributed by atoms with van der Waals surface area (Å²) in [4.78, 5) is 4.85. The third kappa shape index (κ3) is 4.64. The monoisotopic (exact) mass is 423 g/mol. The summed E-state index contributed by atoms with van der Waals surface area (Å²) in [6.07, 6.45) is 1.01. The van der Waals surface area contributed by atoms with Crippen LogP contribution < -0.4 is 10.6 Å². The van der Waals surface area contributed by atoms with Crippen LogP contribution in [0.1, 0.15) is 6.42 Å². The minimum Gasteiger partial charge on any atom is -0.384 e. The average Bonchev–Trinajstić information content (AvgIpc) is 2.75. The predicted octanol–water partition coefficient (Wildman–Crippen LogP) is 6.34. The molecule has 0 aliphatic heterocycles. The van der Waals surface area contributed by atoms with E-state index < -0.39 is 0 Å². The molecule has 0 bridgehead atoms. The van der Waals surface area contributed by atoms with E-state index in [0.29, 0.717) is 10.9 Å². The second-order valence-electron chi connectivity index (χ2n) is 6.97. The molecule has 3 nitrogen and oxygen atoms in total. The Kier molecular flexibility index (Phi) is 6.50. The van der Waals surface area contributed by atoms with Gasteiger partial charge in [0.05, 0.1) is 16.7 Å². The highest BCUT2D eigenvalue weighted by atomic mass is 35.5. The van der Waals surface area contributed by atoms with Crippen LogP contribution in [0.5, 0.6) is 0 Å². The Morgan fingerprint density at radius 1 is 0.759 bits per heavy atom. The molecule has 148 valence electrons. The van der Waals surface area contributed by atoms with Gasteiger partial charge in [-0.15, -0.1) is 11.6 Å². The predicted molar refractivity (Wildman–Crippen MR) is 126 cm³/mol. The van der Waals surface area contributed by atoms with Crippen molar-refractivity contribution in [3.05, 3.63) is 71.8 Å². The molecule has 4 rings (SSSR count). The zero-order chi connectivity index (χ0) is 20.1. The average molecular weight is 424 g/mol. The summed E-state index contributed by atoms with van der Waals surface area (Å²) in [6.45, 7) is 2.63. The lowest BCUT2D eigenvalue weighted by molar-refractivity contribution is 0.691. The standard InChI is InChI=1S/C24H23Cl2N3/c25-11-14-27-12-4-13-28-24-20-9-8-19(26)16-23(20)29-22-10-7-18(15-21(22)24)17-5-2-1-3-6-17/h1-3,5-10,15-16,27H,4,11-14H2,(H,28,29). The largest absolute Gasteiger partial charge is 0.384 e. The van der Waals surface area contributed by atoms with Crippen molar-refractivity contribution < 1.29 is 0 Å². The number of hydrogen-bond donors (Lipinski definition) is 2. The fraction of sp³-hybridized carbons (Fsp3) is 0.208. The van der Waals surface area contributed by atoms with Gasteiger partial charge in [-0.05, 0) is 54.4 Å². The molecule has 0 radical (unpaired) electrons. The molecule has 0 unspecified atom stereocenters.